The number of halogens is 4. The van der Waals surface area contributed by atoms with Gasteiger partial charge in [-0.1, -0.05) is 25.3 Å². The lowest BCUT2D eigenvalue weighted by molar-refractivity contribution is -0.640. The van der Waals surface area contributed by atoms with Crippen LogP contribution in [-0.4, -0.2) is 36.5 Å². The predicted octanol–water partition coefficient (Wildman–Crippen LogP) is -1.78. The minimum absolute atomic E-state index is 0. The molecule has 1 amide bonds. The van der Waals surface area contributed by atoms with Crippen LogP contribution in [-0.2, 0) is 16.6 Å². The molecule has 214 valence electrons. The summed E-state index contributed by atoms with van der Waals surface area (Å²) in [6, 6.07) is 8.70. The zero-order valence-corrected chi connectivity index (χ0v) is 24.3. The second-order valence-corrected chi connectivity index (χ2v) is 12.2. The Labute approximate surface area is 243 Å². The normalized spacial score (nSPS) is 28.9. The number of hydrogen-bond acceptors (Lipinski definition) is 1. The van der Waals surface area contributed by atoms with Crippen molar-refractivity contribution < 1.29 is 48.7 Å². The Morgan fingerprint density at radius 3 is 2.51 bits per heavy atom. The predicted molar refractivity (Wildman–Crippen MR) is 138 cm³/mol. The lowest BCUT2D eigenvalue weighted by Gasteiger charge is -2.47. The number of quaternary nitrogens is 1. The van der Waals surface area contributed by atoms with Crippen LogP contribution in [0.4, 0.5) is 8.78 Å². The third kappa shape index (κ3) is 5.46. The number of carbonyl (C=O) groups excluding carboxylic acids is 1. The van der Waals surface area contributed by atoms with Gasteiger partial charge in [0.25, 0.3) is 0 Å². The maximum atomic E-state index is 14.8. The highest BCUT2D eigenvalue weighted by Gasteiger charge is 2.56. The van der Waals surface area contributed by atoms with Gasteiger partial charge in [0.05, 0.1) is 18.5 Å². The van der Waals surface area contributed by atoms with E-state index >= 15 is 0 Å². The number of benzene rings is 1. The molecule has 2 saturated heterocycles. The van der Waals surface area contributed by atoms with E-state index in [1.165, 1.54) is 54.4 Å². The van der Waals surface area contributed by atoms with Gasteiger partial charge in [-0.05, 0) is 68.6 Å². The van der Waals surface area contributed by atoms with Crippen molar-refractivity contribution in [3.63, 3.8) is 0 Å². The van der Waals surface area contributed by atoms with E-state index in [4.69, 9.17) is 0 Å². The SMILES string of the molecule is Cc1ccc2c([nH+]1)CCC[C@]21C[NH2+]C[C@H]1C(=O)N1CC[C@@H](c2c(F)cccc2F)C[C@H]1C1CCCCC1.[Cl-].[Cl-]. The standard InChI is InChI=1S/C31H39F2N3O.2ClH/c1-20-12-13-23-27(35-20)11-6-15-31(23)19-34-18-24(31)30(37)36-16-14-22(29-25(32)9-5-10-26(29)33)17-28(36)21-7-3-2-4-8-21;;/h5,9-10,12-13,21-22,24,28,34H,2-4,6-8,11,14-19H2,1H3;2*1H/t22-,24+,28+,31+;;/m1../s1. The molecule has 4 aliphatic rings. The van der Waals surface area contributed by atoms with E-state index in [-0.39, 0.29) is 59.6 Å². The number of aromatic amines is 1. The van der Waals surface area contributed by atoms with E-state index in [0.717, 1.165) is 45.2 Å². The van der Waals surface area contributed by atoms with Crippen molar-refractivity contribution in [2.24, 2.45) is 11.8 Å². The molecule has 3 fully saturated rings. The van der Waals surface area contributed by atoms with Crippen molar-refractivity contribution in [2.45, 2.75) is 88.5 Å². The number of hydrogen-bond donors (Lipinski definition) is 1. The number of H-pyrrole nitrogens is 1. The van der Waals surface area contributed by atoms with Gasteiger partial charge in [0.15, 0.2) is 11.4 Å². The van der Waals surface area contributed by atoms with Crippen LogP contribution in [0.1, 0.15) is 86.2 Å². The molecular formula is C31H41Cl2F2N3O. The number of likely N-dealkylation sites (tertiary alicyclic amines) is 1. The number of nitrogens with one attached hydrogen (secondary N) is 1. The van der Waals surface area contributed by atoms with Gasteiger partial charge in [0.2, 0.25) is 5.91 Å². The van der Waals surface area contributed by atoms with Gasteiger partial charge in [-0.3, -0.25) is 4.79 Å². The first kappa shape index (κ1) is 30.2. The van der Waals surface area contributed by atoms with Crippen LogP contribution in [0.5, 0.6) is 0 Å². The minimum atomic E-state index is -0.443. The van der Waals surface area contributed by atoms with Crippen molar-refractivity contribution in [1.82, 2.24) is 4.90 Å². The molecule has 2 aromatic rings. The minimum Gasteiger partial charge on any atom is -1.00 e. The van der Waals surface area contributed by atoms with Crippen molar-refractivity contribution in [1.29, 1.82) is 0 Å². The lowest BCUT2D eigenvalue weighted by Crippen LogP contribution is -3.00. The number of carbonyl (C=O) groups is 1. The summed E-state index contributed by atoms with van der Waals surface area (Å²) in [5.41, 5.74) is 3.92. The first-order valence-corrected chi connectivity index (χ1v) is 14.6. The number of pyridine rings is 1. The van der Waals surface area contributed by atoms with E-state index in [9.17, 15) is 13.6 Å². The summed E-state index contributed by atoms with van der Waals surface area (Å²) in [4.78, 5) is 20.3. The molecule has 0 unspecified atom stereocenters. The third-order valence-electron chi connectivity index (χ3n) is 10.2. The van der Waals surface area contributed by atoms with Gasteiger partial charge >= 0.3 is 0 Å². The van der Waals surface area contributed by atoms with Gasteiger partial charge in [0.1, 0.15) is 17.6 Å². The largest absolute Gasteiger partial charge is 1.00 e. The van der Waals surface area contributed by atoms with E-state index in [1.807, 2.05) is 0 Å². The van der Waals surface area contributed by atoms with Crippen molar-refractivity contribution in [2.75, 3.05) is 19.6 Å². The zero-order chi connectivity index (χ0) is 25.6. The van der Waals surface area contributed by atoms with E-state index < -0.39 is 11.6 Å². The topological polar surface area (TPSA) is 51.1 Å². The number of nitrogens with zero attached hydrogens (tertiary/aromatic N) is 1. The molecule has 8 heteroatoms. The molecule has 6 rings (SSSR count). The highest BCUT2D eigenvalue weighted by Crippen LogP contribution is 2.46. The Hall–Kier alpha value is -1.76. The highest BCUT2D eigenvalue weighted by atomic mass is 35.5. The summed E-state index contributed by atoms with van der Waals surface area (Å²) in [6.07, 6.45) is 10.3. The van der Waals surface area contributed by atoms with Gasteiger partial charge in [0, 0.05) is 43.1 Å². The number of aryl methyl sites for hydroxylation is 2. The molecule has 4 nitrogen and oxygen atoms in total. The molecule has 0 bridgehead atoms. The van der Waals surface area contributed by atoms with E-state index in [0.29, 0.717) is 25.3 Å². The Morgan fingerprint density at radius 1 is 1.03 bits per heavy atom. The van der Waals surface area contributed by atoms with Crippen LogP contribution in [0.3, 0.4) is 0 Å². The molecule has 39 heavy (non-hydrogen) atoms. The average Bonchev–Trinajstić information content (AvgIpc) is 3.32. The quantitative estimate of drug-likeness (QED) is 0.459. The number of aromatic nitrogens is 1. The monoisotopic (exact) mass is 579 g/mol. The van der Waals surface area contributed by atoms with Crippen LogP contribution >= 0.6 is 0 Å². The summed E-state index contributed by atoms with van der Waals surface area (Å²) < 4.78 is 29.6. The van der Waals surface area contributed by atoms with Gasteiger partial charge in [-0.2, -0.15) is 0 Å². The van der Waals surface area contributed by atoms with Crippen molar-refractivity contribution >= 4 is 5.91 Å². The summed E-state index contributed by atoms with van der Waals surface area (Å²) in [7, 11) is 0. The average molecular weight is 581 g/mol. The summed E-state index contributed by atoms with van der Waals surface area (Å²) in [6.45, 7) is 4.48. The summed E-state index contributed by atoms with van der Waals surface area (Å²) >= 11 is 0. The molecule has 1 saturated carbocycles. The first-order valence-electron chi connectivity index (χ1n) is 14.6. The second kappa shape index (κ2) is 12.4. The molecule has 3 N–H and O–H groups in total. The molecule has 2 aliphatic carbocycles. The Bertz CT molecular complexity index is 1150. The molecule has 2 aliphatic heterocycles. The fourth-order valence-corrected chi connectivity index (χ4v) is 8.42. The third-order valence-corrected chi connectivity index (χ3v) is 10.2. The fourth-order valence-electron chi connectivity index (χ4n) is 8.42. The number of piperidine rings is 1. The van der Waals surface area contributed by atoms with Crippen LogP contribution in [0.15, 0.2) is 30.3 Å². The maximum Gasteiger partial charge on any atom is 0.232 e. The van der Waals surface area contributed by atoms with Crippen LogP contribution in [0.25, 0.3) is 0 Å². The van der Waals surface area contributed by atoms with Crippen LogP contribution < -0.4 is 35.1 Å². The fraction of sp³-hybridized carbons (Fsp3) is 0.613. The Kier molecular flexibility index (Phi) is 9.60. The lowest BCUT2D eigenvalue weighted by atomic mass is 9.64. The maximum absolute atomic E-state index is 14.8. The highest BCUT2D eigenvalue weighted by molar-refractivity contribution is 5.82. The Morgan fingerprint density at radius 2 is 1.77 bits per heavy atom. The molecule has 1 aromatic heterocycles. The van der Waals surface area contributed by atoms with Gasteiger partial charge in [-0.25, -0.2) is 13.8 Å². The number of fused-ring (bicyclic) bond motifs is 2. The summed E-state index contributed by atoms with van der Waals surface area (Å²) in [5, 5.41) is 2.34. The summed E-state index contributed by atoms with van der Waals surface area (Å²) in [5.74, 6) is -0.398. The number of nitrogens with two attached hydrogens (primary N) is 1. The molecule has 3 heterocycles. The molecule has 0 radical (unpaired) electrons. The molecule has 4 atom stereocenters. The Balaban J connectivity index is 0.00000176. The van der Waals surface area contributed by atoms with E-state index in [2.05, 4.69) is 34.3 Å². The van der Waals surface area contributed by atoms with Crippen molar-refractivity contribution in [3.05, 3.63) is 64.5 Å². The molecular weight excluding hydrogens is 539 g/mol. The number of rotatable bonds is 3. The van der Waals surface area contributed by atoms with Crippen LogP contribution in [0.2, 0.25) is 0 Å². The zero-order valence-electron chi connectivity index (χ0n) is 22.8. The van der Waals surface area contributed by atoms with Crippen molar-refractivity contribution in [3.8, 4) is 0 Å². The molecule has 1 aromatic carbocycles. The number of amides is 1. The first-order chi connectivity index (χ1) is 18.0. The van der Waals surface area contributed by atoms with Gasteiger partial charge in [-0.15, -0.1) is 0 Å². The molecule has 1 spiro atoms. The smallest absolute Gasteiger partial charge is 0.232 e. The van der Waals surface area contributed by atoms with Gasteiger partial charge < -0.3 is 35.0 Å². The van der Waals surface area contributed by atoms with Crippen LogP contribution in [0, 0.1) is 30.4 Å². The van der Waals surface area contributed by atoms with E-state index in [1.54, 1.807) is 0 Å². The second-order valence-electron chi connectivity index (χ2n) is 12.2.